The standard InChI is InChI=1S/C8H18N2O2S/c1-6(2)8(10-9)7-4-3-5-13(7,11)12/h6-8,10H,3-5,9H2,1-2H3. The molecule has 5 heteroatoms. The van der Waals surface area contributed by atoms with Crippen LogP contribution in [0.25, 0.3) is 0 Å². The highest BCUT2D eigenvalue weighted by atomic mass is 32.2. The average Bonchev–Trinajstić information content (AvgIpc) is 2.32. The molecule has 0 saturated carbocycles. The van der Waals surface area contributed by atoms with Gasteiger partial charge in [-0.15, -0.1) is 0 Å². The monoisotopic (exact) mass is 206 g/mol. The topological polar surface area (TPSA) is 72.2 Å². The Kier molecular flexibility index (Phi) is 3.32. The zero-order chi connectivity index (χ0) is 10.1. The van der Waals surface area contributed by atoms with Gasteiger partial charge in [0.25, 0.3) is 0 Å². The molecular formula is C8H18N2O2S. The Balaban J connectivity index is 2.80. The fourth-order valence-corrected chi connectivity index (χ4v) is 4.19. The van der Waals surface area contributed by atoms with E-state index < -0.39 is 9.84 Å². The van der Waals surface area contributed by atoms with Gasteiger partial charge in [-0.1, -0.05) is 13.8 Å². The molecule has 0 radical (unpaired) electrons. The highest BCUT2D eigenvalue weighted by molar-refractivity contribution is 7.92. The molecule has 0 aromatic rings. The van der Waals surface area contributed by atoms with Crippen LogP contribution in [0, 0.1) is 5.92 Å². The normalized spacial score (nSPS) is 29.4. The van der Waals surface area contributed by atoms with Crippen molar-refractivity contribution in [1.82, 2.24) is 5.43 Å². The van der Waals surface area contributed by atoms with Gasteiger partial charge in [-0.25, -0.2) is 8.42 Å². The van der Waals surface area contributed by atoms with Crippen molar-refractivity contribution in [2.24, 2.45) is 11.8 Å². The molecule has 0 spiro atoms. The van der Waals surface area contributed by atoms with E-state index in [0.29, 0.717) is 5.75 Å². The first-order valence-corrected chi connectivity index (χ1v) is 6.38. The Morgan fingerprint density at radius 3 is 2.38 bits per heavy atom. The van der Waals surface area contributed by atoms with E-state index in [-0.39, 0.29) is 17.2 Å². The van der Waals surface area contributed by atoms with Crippen molar-refractivity contribution >= 4 is 9.84 Å². The molecule has 1 rings (SSSR count). The van der Waals surface area contributed by atoms with Gasteiger partial charge in [-0.2, -0.15) is 0 Å². The Morgan fingerprint density at radius 2 is 2.08 bits per heavy atom. The number of nitrogens with two attached hydrogens (primary N) is 1. The van der Waals surface area contributed by atoms with Crippen LogP contribution in [0.1, 0.15) is 26.7 Å². The Hall–Kier alpha value is -0.130. The van der Waals surface area contributed by atoms with Crippen LogP contribution < -0.4 is 11.3 Å². The zero-order valence-corrected chi connectivity index (χ0v) is 8.97. The summed E-state index contributed by atoms with van der Waals surface area (Å²) in [5, 5.41) is -0.280. The minimum absolute atomic E-state index is 0.104. The molecule has 78 valence electrons. The quantitative estimate of drug-likeness (QED) is 0.505. The molecule has 0 aromatic carbocycles. The fourth-order valence-electron chi connectivity index (χ4n) is 1.95. The van der Waals surface area contributed by atoms with Crippen molar-refractivity contribution in [1.29, 1.82) is 0 Å². The molecule has 4 nitrogen and oxygen atoms in total. The van der Waals surface area contributed by atoms with Crippen LogP contribution in [0.2, 0.25) is 0 Å². The third-order valence-electron chi connectivity index (χ3n) is 2.69. The predicted octanol–water partition coefficient (Wildman–Crippen LogP) is 0.0515. The second kappa shape index (κ2) is 3.94. The maximum Gasteiger partial charge on any atom is 0.154 e. The van der Waals surface area contributed by atoms with Crippen LogP contribution in [-0.2, 0) is 9.84 Å². The van der Waals surface area contributed by atoms with Crippen molar-refractivity contribution in [3.05, 3.63) is 0 Å². The summed E-state index contributed by atoms with van der Waals surface area (Å²) in [5.74, 6) is 5.93. The molecule has 0 aromatic heterocycles. The molecule has 1 saturated heterocycles. The van der Waals surface area contributed by atoms with Crippen molar-refractivity contribution in [2.75, 3.05) is 5.75 Å². The van der Waals surface area contributed by atoms with Crippen molar-refractivity contribution in [3.8, 4) is 0 Å². The lowest BCUT2D eigenvalue weighted by Crippen LogP contribution is -2.49. The van der Waals surface area contributed by atoms with Gasteiger partial charge in [0.2, 0.25) is 0 Å². The summed E-state index contributed by atoms with van der Waals surface area (Å²) in [6.45, 7) is 3.97. The van der Waals surface area contributed by atoms with E-state index in [1.54, 1.807) is 0 Å². The number of nitrogens with one attached hydrogen (secondary N) is 1. The van der Waals surface area contributed by atoms with Crippen LogP contribution in [0.4, 0.5) is 0 Å². The molecule has 0 aliphatic carbocycles. The third kappa shape index (κ3) is 2.21. The molecule has 0 bridgehead atoms. The summed E-state index contributed by atoms with van der Waals surface area (Å²) in [5.41, 5.74) is 2.62. The lowest BCUT2D eigenvalue weighted by Gasteiger charge is -2.25. The summed E-state index contributed by atoms with van der Waals surface area (Å²) in [6.07, 6.45) is 1.52. The van der Waals surface area contributed by atoms with E-state index in [2.05, 4.69) is 5.43 Å². The van der Waals surface area contributed by atoms with Crippen molar-refractivity contribution in [3.63, 3.8) is 0 Å². The van der Waals surface area contributed by atoms with Crippen LogP contribution >= 0.6 is 0 Å². The predicted molar refractivity (Wildman–Crippen MR) is 52.8 cm³/mol. The minimum Gasteiger partial charge on any atom is -0.271 e. The SMILES string of the molecule is CC(C)C(NN)C1CCCS1(=O)=O. The second-order valence-corrected chi connectivity index (χ2v) is 6.32. The van der Waals surface area contributed by atoms with Gasteiger partial charge in [-0.3, -0.25) is 11.3 Å². The first kappa shape index (κ1) is 10.9. The lowest BCUT2D eigenvalue weighted by molar-refractivity contribution is 0.381. The van der Waals surface area contributed by atoms with E-state index in [4.69, 9.17) is 5.84 Å². The summed E-state index contributed by atoms with van der Waals surface area (Å²) < 4.78 is 23.1. The Morgan fingerprint density at radius 1 is 1.46 bits per heavy atom. The van der Waals surface area contributed by atoms with Gasteiger partial charge >= 0.3 is 0 Å². The number of sulfone groups is 1. The van der Waals surface area contributed by atoms with Crippen LogP contribution in [0.3, 0.4) is 0 Å². The highest BCUT2D eigenvalue weighted by Gasteiger charge is 2.38. The van der Waals surface area contributed by atoms with Gasteiger partial charge in [-0.05, 0) is 18.8 Å². The second-order valence-electron chi connectivity index (χ2n) is 3.98. The van der Waals surface area contributed by atoms with Crippen LogP contribution in [0.15, 0.2) is 0 Å². The molecule has 1 aliphatic rings. The maximum absolute atomic E-state index is 11.6. The maximum atomic E-state index is 11.6. The molecule has 1 aliphatic heterocycles. The molecule has 2 unspecified atom stereocenters. The molecule has 0 amide bonds. The smallest absolute Gasteiger partial charge is 0.154 e. The van der Waals surface area contributed by atoms with E-state index >= 15 is 0 Å². The van der Waals surface area contributed by atoms with Crippen molar-refractivity contribution in [2.45, 2.75) is 38.0 Å². The van der Waals surface area contributed by atoms with Gasteiger partial charge in [0.05, 0.1) is 11.0 Å². The number of hydrogen-bond donors (Lipinski definition) is 2. The largest absolute Gasteiger partial charge is 0.271 e. The first-order valence-electron chi connectivity index (χ1n) is 4.66. The van der Waals surface area contributed by atoms with Crippen LogP contribution in [0.5, 0.6) is 0 Å². The molecule has 3 N–H and O–H groups in total. The lowest BCUT2D eigenvalue weighted by atomic mass is 9.99. The first-order chi connectivity index (χ1) is 5.99. The summed E-state index contributed by atoms with van der Waals surface area (Å²) in [4.78, 5) is 0. The number of hydrogen-bond acceptors (Lipinski definition) is 4. The Bertz CT molecular complexity index is 261. The zero-order valence-electron chi connectivity index (χ0n) is 8.16. The Labute approximate surface area is 79.8 Å². The average molecular weight is 206 g/mol. The van der Waals surface area contributed by atoms with E-state index in [1.165, 1.54) is 0 Å². The molecule has 1 heterocycles. The van der Waals surface area contributed by atoms with E-state index in [0.717, 1.165) is 12.8 Å². The van der Waals surface area contributed by atoms with E-state index in [1.807, 2.05) is 13.8 Å². The molecular weight excluding hydrogens is 188 g/mol. The highest BCUT2D eigenvalue weighted by Crippen LogP contribution is 2.25. The van der Waals surface area contributed by atoms with E-state index in [9.17, 15) is 8.42 Å². The third-order valence-corrected chi connectivity index (χ3v) is 5.00. The van der Waals surface area contributed by atoms with Gasteiger partial charge in [0, 0.05) is 6.04 Å². The van der Waals surface area contributed by atoms with Gasteiger partial charge in [0.15, 0.2) is 9.84 Å². The van der Waals surface area contributed by atoms with Gasteiger partial charge in [0.1, 0.15) is 0 Å². The molecule has 1 fully saturated rings. The number of rotatable bonds is 3. The summed E-state index contributed by atoms with van der Waals surface area (Å²) in [6, 6.07) is -0.104. The molecule has 13 heavy (non-hydrogen) atoms. The van der Waals surface area contributed by atoms with Gasteiger partial charge < -0.3 is 0 Å². The fraction of sp³-hybridized carbons (Fsp3) is 1.00. The summed E-state index contributed by atoms with van der Waals surface area (Å²) in [7, 11) is -2.89. The van der Waals surface area contributed by atoms with Crippen molar-refractivity contribution < 1.29 is 8.42 Å². The minimum atomic E-state index is -2.89. The summed E-state index contributed by atoms with van der Waals surface area (Å²) >= 11 is 0. The molecule has 2 atom stereocenters. The van der Waals surface area contributed by atoms with Crippen LogP contribution in [-0.4, -0.2) is 25.5 Å². The number of hydrazine groups is 1.